The minimum absolute atomic E-state index is 0.167. The summed E-state index contributed by atoms with van der Waals surface area (Å²) < 4.78 is 0. The number of nitrogens with zero attached hydrogens (tertiary/aromatic N) is 1. The van der Waals surface area contributed by atoms with Gasteiger partial charge in [0, 0.05) is 6.20 Å². The van der Waals surface area contributed by atoms with Crippen molar-refractivity contribution in [2.24, 2.45) is 5.73 Å². The quantitative estimate of drug-likeness (QED) is 0.720. The largest absolute Gasteiger partial charge is 0.394 e. The topological polar surface area (TPSA) is 59.1 Å². The number of nitrogens with two attached hydrogens (primary N) is 1. The Kier molecular flexibility index (Phi) is 3.29. The Bertz CT molecular complexity index is 280. The molecule has 0 spiro atoms. The van der Waals surface area contributed by atoms with Gasteiger partial charge in [-0.1, -0.05) is 23.2 Å². The Morgan fingerprint density at radius 2 is 2.25 bits per heavy atom. The molecule has 1 atom stereocenters. The number of pyridine rings is 1. The second kappa shape index (κ2) is 4.05. The van der Waals surface area contributed by atoms with Crippen LogP contribution >= 0.6 is 23.2 Å². The number of hydrogen-bond acceptors (Lipinski definition) is 3. The number of aliphatic hydroxyl groups is 1. The van der Waals surface area contributed by atoms with Gasteiger partial charge in [0.15, 0.2) is 0 Å². The average molecular weight is 207 g/mol. The molecule has 0 bridgehead atoms. The van der Waals surface area contributed by atoms with E-state index in [1.165, 1.54) is 6.20 Å². The second-order valence-corrected chi connectivity index (χ2v) is 3.11. The summed E-state index contributed by atoms with van der Waals surface area (Å²) in [7, 11) is 0. The van der Waals surface area contributed by atoms with Crippen molar-refractivity contribution in [3.05, 3.63) is 28.0 Å². The van der Waals surface area contributed by atoms with Gasteiger partial charge in [0.2, 0.25) is 0 Å². The van der Waals surface area contributed by atoms with Gasteiger partial charge in [0.05, 0.1) is 17.7 Å². The van der Waals surface area contributed by atoms with E-state index in [9.17, 15) is 0 Å². The van der Waals surface area contributed by atoms with Gasteiger partial charge in [0.1, 0.15) is 5.15 Å². The summed E-state index contributed by atoms with van der Waals surface area (Å²) in [6.45, 7) is -0.167. The first-order valence-corrected chi connectivity index (χ1v) is 4.08. The molecule has 1 rings (SSSR count). The zero-order chi connectivity index (χ0) is 9.14. The van der Waals surface area contributed by atoms with Crippen molar-refractivity contribution in [1.29, 1.82) is 0 Å². The molecule has 0 aromatic carbocycles. The van der Waals surface area contributed by atoms with Crippen LogP contribution in [0, 0.1) is 0 Å². The molecule has 1 aromatic rings. The van der Waals surface area contributed by atoms with Crippen LogP contribution in [0.5, 0.6) is 0 Å². The molecule has 1 heterocycles. The minimum atomic E-state index is -0.502. The van der Waals surface area contributed by atoms with Crippen LogP contribution in [0.25, 0.3) is 0 Å². The fourth-order valence-electron chi connectivity index (χ4n) is 0.810. The van der Waals surface area contributed by atoms with E-state index >= 15 is 0 Å². The number of aliphatic hydroxyl groups excluding tert-OH is 1. The van der Waals surface area contributed by atoms with Crippen LogP contribution in [-0.2, 0) is 0 Å². The van der Waals surface area contributed by atoms with Crippen LogP contribution in [0.2, 0.25) is 10.2 Å². The van der Waals surface area contributed by atoms with E-state index in [-0.39, 0.29) is 6.61 Å². The summed E-state index contributed by atoms with van der Waals surface area (Å²) >= 11 is 11.4. The zero-order valence-electron chi connectivity index (χ0n) is 6.17. The molecule has 3 N–H and O–H groups in total. The highest BCUT2D eigenvalue weighted by molar-refractivity contribution is 6.32. The third kappa shape index (κ3) is 2.08. The Labute approximate surface area is 80.1 Å². The molecule has 0 radical (unpaired) electrons. The first kappa shape index (κ1) is 9.74. The SMILES string of the molecule is N[C@@H](CO)c1cc(Cl)ncc1Cl. The monoisotopic (exact) mass is 206 g/mol. The predicted molar refractivity (Wildman–Crippen MR) is 48.3 cm³/mol. The number of halogens is 2. The molecule has 0 fully saturated rings. The van der Waals surface area contributed by atoms with Crippen LogP contribution in [0.1, 0.15) is 11.6 Å². The lowest BCUT2D eigenvalue weighted by atomic mass is 10.1. The maximum atomic E-state index is 8.76. The summed E-state index contributed by atoms with van der Waals surface area (Å²) in [5.74, 6) is 0. The molecule has 0 aliphatic rings. The Morgan fingerprint density at radius 3 is 2.83 bits per heavy atom. The summed E-state index contributed by atoms with van der Waals surface area (Å²) in [5.41, 5.74) is 6.15. The van der Waals surface area contributed by atoms with E-state index in [1.807, 2.05) is 0 Å². The maximum absolute atomic E-state index is 8.76. The molecule has 0 amide bonds. The summed E-state index contributed by atoms with van der Waals surface area (Å²) in [6, 6.07) is 1.04. The molecule has 0 aliphatic carbocycles. The van der Waals surface area contributed by atoms with Gasteiger partial charge in [-0.2, -0.15) is 0 Å². The third-order valence-electron chi connectivity index (χ3n) is 1.45. The average Bonchev–Trinajstić information content (AvgIpc) is 2.08. The highest BCUT2D eigenvalue weighted by atomic mass is 35.5. The van der Waals surface area contributed by atoms with Crippen LogP contribution in [0.15, 0.2) is 12.3 Å². The first-order valence-electron chi connectivity index (χ1n) is 3.32. The number of hydrogen-bond donors (Lipinski definition) is 2. The van der Waals surface area contributed by atoms with Crippen molar-refractivity contribution >= 4 is 23.2 Å². The van der Waals surface area contributed by atoms with E-state index in [0.717, 1.165) is 0 Å². The van der Waals surface area contributed by atoms with Gasteiger partial charge < -0.3 is 10.8 Å². The molecular formula is C7H8Cl2N2O. The Morgan fingerprint density at radius 1 is 1.58 bits per heavy atom. The van der Waals surface area contributed by atoms with Crippen LogP contribution in [0.4, 0.5) is 0 Å². The standard InChI is InChI=1S/C7H8Cl2N2O/c8-5-2-11-7(9)1-4(5)6(10)3-12/h1-2,6,12H,3,10H2/t6-/m0/s1. The molecule has 0 saturated carbocycles. The molecule has 0 saturated heterocycles. The lowest BCUT2D eigenvalue weighted by Gasteiger charge is -2.09. The van der Waals surface area contributed by atoms with E-state index in [0.29, 0.717) is 15.7 Å². The highest BCUT2D eigenvalue weighted by Gasteiger charge is 2.09. The minimum Gasteiger partial charge on any atom is -0.394 e. The van der Waals surface area contributed by atoms with Crippen molar-refractivity contribution in [2.75, 3.05) is 6.61 Å². The lowest BCUT2D eigenvalue weighted by molar-refractivity contribution is 0.268. The smallest absolute Gasteiger partial charge is 0.129 e. The van der Waals surface area contributed by atoms with Gasteiger partial charge in [0.25, 0.3) is 0 Å². The Hall–Kier alpha value is -0.350. The molecule has 12 heavy (non-hydrogen) atoms. The number of rotatable bonds is 2. The van der Waals surface area contributed by atoms with Crippen molar-refractivity contribution in [3.63, 3.8) is 0 Å². The van der Waals surface area contributed by atoms with Crippen molar-refractivity contribution in [3.8, 4) is 0 Å². The van der Waals surface area contributed by atoms with Gasteiger partial charge in [-0.05, 0) is 11.6 Å². The third-order valence-corrected chi connectivity index (χ3v) is 1.97. The van der Waals surface area contributed by atoms with E-state index in [1.54, 1.807) is 6.07 Å². The van der Waals surface area contributed by atoms with Crippen LogP contribution in [0.3, 0.4) is 0 Å². The number of aromatic nitrogens is 1. The Balaban J connectivity index is 3.04. The first-order chi connectivity index (χ1) is 5.65. The van der Waals surface area contributed by atoms with E-state index in [4.69, 9.17) is 34.0 Å². The fraction of sp³-hybridized carbons (Fsp3) is 0.286. The molecule has 0 unspecified atom stereocenters. The van der Waals surface area contributed by atoms with E-state index in [2.05, 4.69) is 4.98 Å². The summed E-state index contributed by atoms with van der Waals surface area (Å²) in [5, 5.41) is 9.49. The highest BCUT2D eigenvalue weighted by Crippen LogP contribution is 2.22. The normalized spacial score (nSPS) is 13.0. The fourth-order valence-corrected chi connectivity index (χ4v) is 1.22. The second-order valence-electron chi connectivity index (χ2n) is 2.32. The van der Waals surface area contributed by atoms with Crippen molar-refractivity contribution in [1.82, 2.24) is 4.98 Å². The zero-order valence-corrected chi connectivity index (χ0v) is 7.68. The van der Waals surface area contributed by atoms with Crippen molar-refractivity contribution in [2.45, 2.75) is 6.04 Å². The summed E-state index contributed by atoms with van der Waals surface area (Å²) in [4.78, 5) is 3.75. The van der Waals surface area contributed by atoms with Crippen molar-refractivity contribution < 1.29 is 5.11 Å². The van der Waals surface area contributed by atoms with Crippen LogP contribution in [-0.4, -0.2) is 16.7 Å². The molecule has 3 nitrogen and oxygen atoms in total. The predicted octanol–water partition coefficient (Wildman–Crippen LogP) is 1.38. The van der Waals surface area contributed by atoms with Gasteiger partial charge in [-0.3, -0.25) is 0 Å². The van der Waals surface area contributed by atoms with Gasteiger partial charge in [-0.15, -0.1) is 0 Å². The summed E-state index contributed by atoms with van der Waals surface area (Å²) in [6.07, 6.45) is 1.41. The molecule has 5 heteroatoms. The molecule has 1 aromatic heterocycles. The van der Waals surface area contributed by atoms with E-state index < -0.39 is 6.04 Å². The molecule has 0 aliphatic heterocycles. The van der Waals surface area contributed by atoms with Gasteiger partial charge >= 0.3 is 0 Å². The molecule has 66 valence electrons. The van der Waals surface area contributed by atoms with Crippen LogP contribution < -0.4 is 5.73 Å². The lowest BCUT2D eigenvalue weighted by Crippen LogP contribution is -2.15. The maximum Gasteiger partial charge on any atom is 0.129 e. The van der Waals surface area contributed by atoms with Gasteiger partial charge in [-0.25, -0.2) is 4.98 Å². The molecular weight excluding hydrogens is 199 g/mol.